The molecule has 0 aliphatic rings. The lowest BCUT2D eigenvalue weighted by molar-refractivity contribution is -0.167. The van der Waals surface area contributed by atoms with Gasteiger partial charge in [-0.25, -0.2) is 0 Å². The van der Waals surface area contributed by atoms with Gasteiger partial charge in [-0.3, -0.25) is 9.69 Å². The predicted molar refractivity (Wildman–Crippen MR) is 133 cm³/mol. The highest BCUT2D eigenvalue weighted by Crippen LogP contribution is 2.15. The van der Waals surface area contributed by atoms with Crippen molar-refractivity contribution in [2.24, 2.45) is 0 Å². The van der Waals surface area contributed by atoms with Crippen LogP contribution in [-0.4, -0.2) is 42.4 Å². The van der Waals surface area contributed by atoms with Gasteiger partial charge in [0.25, 0.3) is 0 Å². The normalized spacial score (nSPS) is 13.5. The first-order chi connectivity index (χ1) is 15.0. The van der Waals surface area contributed by atoms with Gasteiger partial charge in [0.15, 0.2) is 6.23 Å². The molecule has 4 heteroatoms. The van der Waals surface area contributed by atoms with Crippen LogP contribution < -0.4 is 0 Å². The van der Waals surface area contributed by atoms with Crippen LogP contribution in [0.1, 0.15) is 142 Å². The minimum atomic E-state index is -0.677. The van der Waals surface area contributed by atoms with Crippen LogP contribution in [0.2, 0.25) is 0 Å². The zero-order chi connectivity index (χ0) is 23.2. The van der Waals surface area contributed by atoms with Crippen LogP contribution in [0.3, 0.4) is 0 Å². The summed E-state index contributed by atoms with van der Waals surface area (Å²) in [6.07, 6.45) is 24.9. The molecule has 0 bridgehead atoms. The van der Waals surface area contributed by atoms with Gasteiger partial charge >= 0.3 is 5.97 Å². The number of rotatable bonds is 23. The summed E-state index contributed by atoms with van der Waals surface area (Å²) in [5, 5.41) is 9.65. The molecule has 0 heterocycles. The summed E-state index contributed by atoms with van der Waals surface area (Å²) in [4.78, 5) is 13.6. The maximum Gasteiger partial charge on any atom is 0.307 e. The SMILES string of the molecule is CCCCCCCCCCCCCCCCCCCCCC(=O)OC(C(C)O)N(C)C. The first-order valence-electron chi connectivity index (χ1n) is 13.5. The summed E-state index contributed by atoms with van der Waals surface area (Å²) in [6.45, 7) is 3.93. The van der Waals surface area contributed by atoms with Crippen LogP contribution in [-0.2, 0) is 9.53 Å². The third kappa shape index (κ3) is 21.0. The molecule has 0 aromatic rings. The molecule has 2 atom stereocenters. The number of unbranched alkanes of at least 4 members (excludes halogenated alkanes) is 18. The van der Waals surface area contributed by atoms with Crippen molar-refractivity contribution in [2.45, 2.75) is 155 Å². The predicted octanol–water partition coefficient (Wildman–Crippen LogP) is 7.62. The van der Waals surface area contributed by atoms with E-state index >= 15 is 0 Å². The number of aliphatic hydroxyl groups is 1. The van der Waals surface area contributed by atoms with Crippen LogP contribution in [0.4, 0.5) is 0 Å². The van der Waals surface area contributed by atoms with Gasteiger partial charge in [-0.15, -0.1) is 0 Å². The molecule has 0 spiro atoms. The maximum absolute atomic E-state index is 11.9. The minimum absolute atomic E-state index is 0.202. The van der Waals surface area contributed by atoms with E-state index in [1.807, 2.05) is 14.1 Å². The van der Waals surface area contributed by atoms with Crippen molar-refractivity contribution in [3.63, 3.8) is 0 Å². The van der Waals surface area contributed by atoms with Crippen molar-refractivity contribution in [1.29, 1.82) is 0 Å². The Kier molecular flexibility index (Phi) is 22.1. The largest absolute Gasteiger partial charge is 0.444 e. The summed E-state index contributed by atoms with van der Waals surface area (Å²) < 4.78 is 5.35. The van der Waals surface area contributed by atoms with E-state index in [-0.39, 0.29) is 5.97 Å². The van der Waals surface area contributed by atoms with Crippen molar-refractivity contribution < 1.29 is 14.6 Å². The minimum Gasteiger partial charge on any atom is -0.444 e. The average molecular weight is 442 g/mol. The fourth-order valence-corrected chi connectivity index (χ4v) is 4.18. The lowest BCUT2D eigenvalue weighted by Gasteiger charge is -2.26. The molecular weight excluding hydrogens is 386 g/mol. The van der Waals surface area contributed by atoms with Crippen LogP contribution in [0.5, 0.6) is 0 Å². The van der Waals surface area contributed by atoms with E-state index in [1.54, 1.807) is 11.8 Å². The van der Waals surface area contributed by atoms with E-state index in [4.69, 9.17) is 4.74 Å². The standard InChI is InChI=1S/C27H55NO3/c1-5-6-7-8-9-10-11-12-13-14-15-16-17-18-19-20-21-22-23-24-26(30)31-27(25(2)29)28(3)4/h25,27,29H,5-24H2,1-4H3. The summed E-state index contributed by atoms with van der Waals surface area (Å²) in [5.74, 6) is -0.202. The molecule has 1 N–H and O–H groups in total. The number of ether oxygens (including phenoxy) is 1. The van der Waals surface area contributed by atoms with E-state index in [0.717, 1.165) is 12.8 Å². The quantitative estimate of drug-likeness (QED) is 0.101. The molecule has 0 aliphatic heterocycles. The van der Waals surface area contributed by atoms with Crippen LogP contribution in [0.25, 0.3) is 0 Å². The Bertz CT molecular complexity index is 377. The second-order valence-electron chi connectivity index (χ2n) is 9.70. The van der Waals surface area contributed by atoms with E-state index in [1.165, 1.54) is 109 Å². The molecule has 186 valence electrons. The fourth-order valence-electron chi connectivity index (χ4n) is 4.18. The van der Waals surface area contributed by atoms with E-state index in [9.17, 15) is 9.90 Å². The Morgan fingerprint density at radius 1 is 0.677 bits per heavy atom. The molecule has 4 nitrogen and oxygen atoms in total. The average Bonchev–Trinajstić information content (AvgIpc) is 2.73. The Labute approximate surface area is 194 Å². The van der Waals surface area contributed by atoms with E-state index < -0.39 is 12.3 Å². The van der Waals surface area contributed by atoms with Crippen molar-refractivity contribution in [2.75, 3.05) is 14.1 Å². The van der Waals surface area contributed by atoms with E-state index in [0.29, 0.717) is 6.42 Å². The Balaban J connectivity index is 3.27. The molecule has 0 aromatic carbocycles. The highest BCUT2D eigenvalue weighted by Gasteiger charge is 2.21. The number of carbonyl (C=O) groups excluding carboxylic acids is 1. The third-order valence-corrected chi connectivity index (χ3v) is 6.16. The summed E-state index contributed by atoms with van der Waals surface area (Å²) in [6, 6.07) is 0. The molecule has 0 fully saturated rings. The molecule has 2 unspecified atom stereocenters. The molecule has 0 aromatic heterocycles. The van der Waals surface area contributed by atoms with Crippen LogP contribution >= 0.6 is 0 Å². The lowest BCUT2D eigenvalue weighted by atomic mass is 10.0. The van der Waals surface area contributed by atoms with Gasteiger partial charge < -0.3 is 9.84 Å². The number of nitrogens with zero attached hydrogens (tertiary/aromatic N) is 1. The smallest absolute Gasteiger partial charge is 0.307 e. The van der Waals surface area contributed by atoms with Crippen LogP contribution in [0.15, 0.2) is 0 Å². The zero-order valence-corrected chi connectivity index (χ0v) is 21.5. The Hall–Kier alpha value is -0.610. The Morgan fingerprint density at radius 3 is 1.29 bits per heavy atom. The summed E-state index contributed by atoms with van der Waals surface area (Å²) >= 11 is 0. The molecule has 0 radical (unpaired) electrons. The second-order valence-corrected chi connectivity index (χ2v) is 9.70. The fraction of sp³-hybridized carbons (Fsp3) is 0.963. The van der Waals surface area contributed by atoms with Gasteiger partial charge in [0, 0.05) is 6.42 Å². The van der Waals surface area contributed by atoms with E-state index in [2.05, 4.69) is 6.92 Å². The highest BCUT2D eigenvalue weighted by molar-refractivity contribution is 5.69. The molecule has 0 rings (SSSR count). The first-order valence-corrected chi connectivity index (χ1v) is 13.5. The monoisotopic (exact) mass is 441 g/mol. The number of esters is 1. The van der Waals surface area contributed by atoms with Crippen molar-refractivity contribution in [3.05, 3.63) is 0 Å². The second kappa shape index (κ2) is 22.6. The number of aliphatic hydroxyl groups excluding tert-OH is 1. The van der Waals surface area contributed by atoms with Gasteiger partial charge in [-0.2, -0.15) is 0 Å². The zero-order valence-electron chi connectivity index (χ0n) is 21.5. The van der Waals surface area contributed by atoms with Gasteiger partial charge in [-0.05, 0) is 27.4 Å². The van der Waals surface area contributed by atoms with Crippen molar-refractivity contribution in [3.8, 4) is 0 Å². The van der Waals surface area contributed by atoms with Gasteiger partial charge in [0.2, 0.25) is 0 Å². The van der Waals surface area contributed by atoms with Gasteiger partial charge in [0.1, 0.15) is 6.10 Å². The molecule has 0 saturated heterocycles. The van der Waals surface area contributed by atoms with Crippen LogP contribution in [0, 0.1) is 0 Å². The first kappa shape index (κ1) is 30.4. The highest BCUT2D eigenvalue weighted by atomic mass is 16.6. The summed E-state index contributed by atoms with van der Waals surface area (Å²) in [5.41, 5.74) is 0. The topological polar surface area (TPSA) is 49.8 Å². The van der Waals surface area contributed by atoms with Crippen molar-refractivity contribution in [1.82, 2.24) is 4.90 Å². The van der Waals surface area contributed by atoms with Crippen molar-refractivity contribution >= 4 is 5.97 Å². The van der Waals surface area contributed by atoms with Gasteiger partial charge in [0.05, 0.1) is 0 Å². The number of carbonyl (C=O) groups is 1. The molecule has 0 saturated carbocycles. The molecular formula is C27H55NO3. The molecule has 31 heavy (non-hydrogen) atoms. The Morgan fingerprint density at radius 2 is 1.00 bits per heavy atom. The number of hydrogen-bond acceptors (Lipinski definition) is 4. The molecule has 0 aliphatic carbocycles. The summed E-state index contributed by atoms with van der Waals surface area (Å²) in [7, 11) is 3.61. The third-order valence-electron chi connectivity index (χ3n) is 6.16. The molecule has 0 amide bonds. The van der Waals surface area contributed by atoms with Gasteiger partial charge in [-0.1, -0.05) is 122 Å². The maximum atomic E-state index is 11.9. The lowest BCUT2D eigenvalue weighted by Crippen LogP contribution is -2.41. The number of likely N-dealkylation sites (N-methyl/N-ethyl adjacent to an activating group) is 1. The number of hydrogen-bond donors (Lipinski definition) is 1.